The first-order valence-corrected chi connectivity index (χ1v) is 13.6. The number of nitrogens with zero attached hydrogens (tertiary/aromatic N) is 2. The van der Waals surface area contributed by atoms with Gasteiger partial charge >= 0.3 is 12.1 Å². The molecule has 0 spiro atoms. The second kappa shape index (κ2) is 12.7. The highest BCUT2D eigenvalue weighted by Crippen LogP contribution is 2.44. The molecule has 42 heavy (non-hydrogen) atoms. The molecule has 0 saturated heterocycles. The quantitative estimate of drug-likeness (QED) is 0.247. The number of carbonyl (C=O) groups is 3. The van der Waals surface area contributed by atoms with Gasteiger partial charge in [-0.15, -0.1) is 0 Å². The lowest BCUT2D eigenvalue weighted by atomic mass is 9.98. The largest absolute Gasteiger partial charge is 0.480 e. The number of aliphatic carboxylic acids is 1. The molecule has 0 aliphatic heterocycles. The Labute approximate surface area is 243 Å². The van der Waals surface area contributed by atoms with Crippen LogP contribution in [0.3, 0.4) is 0 Å². The van der Waals surface area contributed by atoms with Gasteiger partial charge in [0, 0.05) is 13.0 Å². The second-order valence-electron chi connectivity index (χ2n) is 10.1. The van der Waals surface area contributed by atoms with E-state index in [1.807, 2.05) is 66.7 Å². The standard InChI is InChI=1S/C32H32N4O6/c1-20(41-18-21-10-4-3-5-11-21)29(31(38)39)34-30(37)28-16-22(35-36(28)2)17-33-32(40)42-19-27-25-14-8-6-12-23(25)24-13-7-9-15-26(24)27/h3-16,20,27,29H,17-19H2,1-2H3,(H,33,40)(H,34,37)(H,38,39)/t20-,29+/m0/s1. The number of nitrogens with one attached hydrogen (secondary N) is 2. The van der Waals surface area contributed by atoms with E-state index in [0.717, 1.165) is 27.8 Å². The summed E-state index contributed by atoms with van der Waals surface area (Å²) in [4.78, 5) is 37.4. The van der Waals surface area contributed by atoms with Crippen LogP contribution in [0.1, 0.15) is 45.7 Å². The summed E-state index contributed by atoms with van der Waals surface area (Å²) in [5.74, 6) is -1.90. The Morgan fingerprint density at radius 1 is 0.952 bits per heavy atom. The van der Waals surface area contributed by atoms with Gasteiger partial charge < -0.3 is 25.2 Å². The summed E-state index contributed by atoms with van der Waals surface area (Å²) in [7, 11) is 1.57. The van der Waals surface area contributed by atoms with E-state index in [9.17, 15) is 19.5 Å². The Morgan fingerprint density at radius 2 is 1.57 bits per heavy atom. The molecule has 3 N–H and O–H groups in total. The van der Waals surface area contributed by atoms with E-state index in [4.69, 9.17) is 9.47 Å². The molecule has 0 radical (unpaired) electrons. The predicted molar refractivity (Wildman–Crippen MR) is 155 cm³/mol. The first-order chi connectivity index (χ1) is 20.3. The van der Waals surface area contributed by atoms with Crippen molar-refractivity contribution in [2.75, 3.05) is 6.61 Å². The Balaban J connectivity index is 1.14. The van der Waals surface area contributed by atoms with Gasteiger partial charge in [0.1, 0.15) is 12.3 Å². The molecule has 4 aromatic rings. The molecule has 3 aromatic carbocycles. The van der Waals surface area contributed by atoms with Crippen molar-refractivity contribution in [2.24, 2.45) is 7.05 Å². The lowest BCUT2D eigenvalue weighted by molar-refractivity contribution is -0.143. The molecule has 5 rings (SSSR count). The minimum Gasteiger partial charge on any atom is -0.480 e. The Bertz CT molecular complexity index is 1540. The van der Waals surface area contributed by atoms with Crippen LogP contribution in [0.15, 0.2) is 84.9 Å². The maximum absolute atomic E-state index is 13.0. The molecule has 1 aliphatic carbocycles. The van der Waals surface area contributed by atoms with Crippen LogP contribution >= 0.6 is 0 Å². The minimum atomic E-state index is -1.28. The fourth-order valence-electron chi connectivity index (χ4n) is 5.13. The van der Waals surface area contributed by atoms with Gasteiger partial charge in [0.15, 0.2) is 6.04 Å². The highest BCUT2D eigenvalue weighted by atomic mass is 16.5. The first kappa shape index (κ1) is 28.6. The third kappa shape index (κ3) is 6.34. The number of rotatable bonds is 11. The van der Waals surface area contributed by atoms with Gasteiger partial charge in [-0.25, -0.2) is 9.59 Å². The topological polar surface area (TPSA) is 132 Å². The van der Waals surface area contributed by atoms with Gasteiger partial charge in [-0.05, 0) is 40.8 Å². The van der Waals surface area contributed by atoms with Gasteiger partial charge in [-0.2, -0.15) is 5.10 Å². The maximum Gasteiger partial charge on any atom is 0.407 e. The number of amides is 2. The number of carboxylic acid groups (broad SMARTS) is 1. The van der Waals surface area contributed by atoms with Crippen molar-refractivity contribution < 1.29 is 29.0 Å². The van der Waals surface area contributed by atoms with Crippen molar-refractivity contribution in [3.05, 3.63) is 113 Å². The van der Waals surface area contributed by atoms with Gasteiger partial charge in [0.25, 0.3) is 5.91 Å². The molecule has 216 valence electrons. The number of hydrogen-bond donors (Lipinski definition) is 3. The maximum atomic E-state index is 13.0. The molecule has 10 nitrogen and oxygen atoms in total. The number of fused-ring (bicyclic) bond motifs is 3. The van der Waals surface area contributed by atoms with Crippen LogP contribution in [0.5, 0.6) is 0 Å². The average Bonchev–Trinajstić information content (AvgIpc) is 3.54. The number of alkyl carbamates (subject to hydrolysis) is 1. The van der Waals surface area contributed by atoms with Crippen molar-refractivity contribution in [1.29, 1.82) is 0 Å². The molecule has 1 heterocycles. The number of carbonyl (C=O) groups excluding carboxylic acids is 2. The minimum absolute atomic E-state index is 0.0245. The molecular weight excluding hydrogens is 536 g/mol. The van der Waals surface area contributed by atoms with Crippen LogP contribution in [-0.2, 0) is 34.5 Å². The summed E-state index contributed by atoms with van der Waals surface area (Å²) < 4.78 is 12.6. The number of benzene rings is 3. The van der Waals surface area contributed by atoms with E-state index in [1.165, 1.54) is 10.7 Å². The predicted octanol–water partition coefficient (Wildman–Crippen LogP) is 4.25. The zero-order valence-corrected chi connectivity index (χ0v) is 23.3. The average molecular weight is 569 g/mol. The number of aryl methyl sites for hydroxylation is 1. The zero-order chi connectivity index (χ0) is 29.6. The Morgan fingerprint density at radius 3 is 2.21 bits per heavy atom. The van der Waals surface area contributed by atoms with Crippen LogP contribution < -0.4 is 10.6 Å². The number of ether oxygens (including phenoxy) is 2. The third-order valence-corrected chi connectivity index (χ3v) is 7.30. The molecule has 0 bridgehead atoms. The van der Waals surface area contributed by atoms with E-state index in [2.05, 4.69) is 27.9 Å². The fourth-order valence-corrected chi connectivity index (χ4v) is 5.13. The monoisotopic (exact) mass is 568 g/mol. The molecule has 0 unspecified atom stereocenters. The molecular formula is C32H32N4O6. The summed E-state index contributed by atoms with van der Waals surface area (Å²) in [6.45, 7) is 2.00. The SMILES string of the molecule is C[C@H](OCc1ccccc1)[C@@H](NC(=O)c1cc(CNC(=O)OCC2c3ccccc3-c3ccccc32)nn1C)C(=O)O. The van der Waals surface area contributed by atoms with Crippen LogP contribution in [0.2, 0.25) is 0 Å². The van der Waals surface area contributed by atoms with E-state index in [1.54, 1.807) is 14.0 Å². The van der Waals surface area contributed by atoms with E-state index >= 15 is 0 Å². The summed E-state index contributed by atoms with van der Waals surface area (Å²) in [5.41, 5.74) is 5.96. The summed E-state index contributed by atoms with van der Waals surface area (Å²) in [6.07, 6.45) is -1.40. The van der Waals surface area contributed by atoms with Crippen molar-refractivity contribution in [3.8, 4) is 11.1 Å². The van der Waals surface area contributed by atoms with E-state index in [0.29, 0.717) is 5.69 Å². The Hall–Kier alpha value is -4.96. The van der Waals surface area contributed by atoms with E-state index < -0.39 is 30.1 Å². The van der Waals surface area contributed by atoms with Crippen molar-refractivity contribution in [1.82, 2.24) is 20.4 Å². The second-order valence-corrected chi connectivity index (χ2v) is 10.1. The number of carboxylic acids is 1. The molecule has 1 aromatic heterocycles. The van der Waals surface area contributed by atoms with Crippen molar-refractivity contribution >= 4 is 18.0 Å². The normalized spacial score (nSPS) is 13.5. The van der Waals surface area contributed by atoms with Gasteiger partial charge in [-0.3, -0.25) is 9.48 Å². The zero-order valence-electron chi connectivity index (χ0n) is 23.3. The summed E-state index contributed by atoms with van der Waals surface area (Å²) in [6, 6.07) is 25.7. The van der Waals surface area contributed by atoms with Gasteiger partial charge in [-0.1, -0.05) is 78.9 Å². The van der Waals surface area contributed by atoms with Gasteiger partial charge in [0.2, 0.25) is 0 Å². The third-order valence-electron chi connectivity index (χ3n) is 7.30. The van der Waals surface area contributed by atoms with Crippen LogP contribution in [-0.4, -0.2) is 51.6 Å². The summed E-state index contributed by atoms with van der Waals surface area (Å²) in [5, 5.41) is 19.2. The molecule has 0 saturated carbocycles. The van der Waals surface area contributed by atoms with Crippen LogP contribution in [0.25, 0.3) is 11.1 Å². The number of aromatic nitrogens is 2. The van der Waals surface area contributed by atoms with Gasteiger partial charge in [0.05, 0.1) is 24.9 Å². The van der Waals surface area contributed by atoms with Crippen LogP contribution in [0.4, 0.5) is 4.79 Å². The molecule has 2 amide bonds. The Kier molecular flexibility index (Phi) is 8.63. The highest BCUT2D eigenvalue weighted by molar-refractivity contribution is 5.95. The highest BCUT2D eigenvalue weighted by Gasteiger charge is 2.30. The molecule has 0 fully saturated rings. The fraction of sp³-hybridized carbons (Fsp3) is 0.250. The summed E-state index contributed by atoms with van der Waals surface area (Å²) >= 11 is 0. The van der Waals surface area contributed by atoms with E-state index in [-0.39, 0.29) is 31.4 Å². The molecule has 2 atom stereocenters. The number of hydrogen-bond acceptors (Lipinski definition) is 6. The lowest BCUT2D eigenvalue weighted by Crippen LogP contribution is -2.49. The van der Waals surface area contributed by atoms with Crippen molar-refractivity contribution in [2.45, 2.75) is 38.1 Å². The lowest BCUT2D eigenvalue weighted by Gasteiger charge is -2.22. The van der Waals surface area contributed by atoms with Crippen molar-refractivity contribution in [3.63, 3.8) is 0 Å². The molecule has 10 heteroatoms. The van der Waals surface area contributed by atoms with Crippen LogP contribution in [0, 0.1) is 0 Å². The first-order valence-electron chi connectivity index (χ1n) is 13.6. The molecule has 1 aliphatic rings. The smallest absolute Gasteiger partial charge is 0.407 e.